The van der Waals surface area contributed by atoms with E-state index >= 15 is 0 Å². The first-order valence-electron chi connectivity index (χ1n) is 8.45. The highest BCUT2D eigenvalue weighted by atomic mass is 127. The normalized spacial score (nSPS) is 14.8. The number of aryl methyl sites for hydroxylation is 1. The highest BCUT2D eigenvalue weighted by Crippen LogP contribution is 2.18. The molecule has 0 bridgehead atoms. The van der Waals surface area contributed by atoms with Gasteiger partial charge in [0.05, 0.1) is 13.1 Å². The van der Waals surface area contributed by atoms with Gasteiger partial charge in [-0.15, -0.1) is 24.0 Å². The van der Waals surface area contributed by atoms with Gasteiger partial charge in [0.1, 0.15) is 0 Å². The van der Waals surface area contributed by atoms with Gasteiger partial charge in [0.15, 0.2) is 5.96 Å². The molecule has 1 aromatic carbocycles. The lowest BCUT2D eigenvalue weighted by molar-refractivity contribution is -0.127. The van der Waals surface area contributed by atoms with Crippen molar-refractivity contribution in [3.8, 4) is 0 Å². The fourth-order valence-corrected chi connectivity index (χ4v) is 2.83. The van der Waals surface area contributed by atoms with Crippen LogP contribution >= 0.6 is 35.6 Å². The fraction of sp³-hybridized carbons (Fsp3) is 0.556. The van der Waals surface area contributed by atoms with Crippen LogP contribution in [0.3, 0.4) is 0 Å². The number of rotatable bonds is 5. The van der Waals surface area contributed by atoms with E-state index in [9.17, 15) is 4.79 Å². The van der Waals surface area contributed by atoms with Crippen LogP contribution in [0.5, 0.6) is 0 Å². The Bertz CT molecular complexity index is 601. The summed E-state index contributed by atoms with van der Waals surface area (Å²) in [7, 11) is 3.50. The van der Waals surface area contributed by atoms with Gasteiger partial charge in [-0.25, -0.2) is 4.99 Å². The van der Waals surface area contributed by atoms with Crippen molar-refractivity contribution in [2.45, 2.75) is 45.2 Å². The summed E-state index contributed by atoms with van der Waals surface area (Å²) in [4.78, 5) is 18.0. The third kappa shape index (κ3) is 7.40. The molecule has 0 saturated heterocycles. The van der Waals surface area contributed by atoms with E-state index < -0.39 is 0 Å². The molecule has 0 aliphatic heterocycles. The molecule has 0 spiro atoms. The minimum atomic E-state index is 0. The molecule has 2 rings (SSSR count). The molecule has 0 unspecified atom stereocenters. The molecular formula is C18H28ClIN4O. The molecule has 0 atom stereocenters. The Hall–Kier alpha value is -1.02. The molecule has 140 valence electrons. The molecule has 5 nitrogen and oxygen atoms in total. The summed E-state index contributed by atoms with van der Waals surface area (Å²) < 4.78 is 0. The molecular weight excluding hydrogens is 451 g/mol. The van der Waals surface area contributed by atoms with E-state index in [0.29, 0.717) is 18.5 Å². The first kappa shape index (κ1) is 22.0. The van der Waals surface area contributed by atoms with Gasteiger partial charge in [-0.1, -0.05) is 36.6 Å². The average molecular weight is 479 g/mol. The zero-order chi connectivity index (χ0) is 17.5. The van der Waals surface area contributed by atoms with Crippen LogP contribution in [0.25, 0.3) is 0 Å². The summed E-state index contributed by atoms with van der Waals surface area (Å²) in [5, 5.41) is 7.36. The standard InChI is InChI=1S/C18H27ClN4O.HI/c1-13-10-14(8-9-16(13)19)11-20-18(21-12-17(24)23(2)3)22-15-6-4-5-7-15;/h8-10,15H,4-7,11-12H2,1-3H3,(H2,20,21,22);1H. The molecule has 1 aliphatic carbocycles. The first-order valence-corrected chi connectivity index (χ1v) is 8.83. The number of nitrogens with one attached hydrogen (secondary N) is 2. The lowest BCUT2D eigenvalue weighted by Gasteiger charge is -2.18. The molecule has 0 radical (unpaired) electrons. The number of amides is 1. The van der Waals surface area contributed by atoms with Gasteiger partial charge in [0.25, 0.3) is 0 Å². The van der Waals surface area contributed by atoms with Crippen molar-refractivity contribution in [2.24, 2.45) is 4.99 Å². The number of halogens is 2. The summed E-state index contributed by atoms with van der Waals surface area (Å²) >= 11 is 6.07. The first-order chi connectivity index (χ1) is 11.5. The molecule has 0 heterocycles. The quantitative estimate of drug-likeness (QED) is 0.388. The van der Waals surface area contributed by atoms with Crippen LogP contribution in [0.2, 0.25) is 5.02 Å². The second kappa shape index (κ2) is 10.9. The molecule has 1 fully saturated rings. The predicted molar refractivity (Wildman–Crippen MR) is 115 cm³/mol. The van der Waals surface area contributed by atoms with Crippen molar-refractivity contribution in [3.05, 3.63) is 34.3 Å². The highest BCUT2D eigenvalue weighted by Gasteiger charge is 2.16. The number of hydrogen-bond acceptors (Lipinski definition) is 2. The maximum atomic E-state index is 11.8. The van der Waals surface area contributed by atoms with Crippen LogP contribution in [0, 0.1) is 6.92 Å². The van der Waals surface area contributed by atoms with Crippen molar-refractivity contribution in [2.75, 3.05) is 20.6 Å². The van der Waals surface area contributed by atoms with Crippen molar-refractivity contribution in [1.82, 2.24) is 15.5 Å². The van der Waals surface area contributed by atoms with E-state index in [-0.39, 0.29) is 36.4 Å². The molecule has 0 aromatic heterocycles. The lowest BCUT2D eigenvalue weighted by atomic mass is 10.1. The van der Waals surface area contributed by atoms with E-state index in [1.54, 1.807) is 19.0 Å². The highest BCUT2D eigenvalue weighted by molar-refractivity contribution is 14.0. The molecule has 1 saturated carbocycles. The SMILES string of the molecule is Cc1cc(CN=C(NCC(=O)N(C)C)NC2CCCC2)ccc1Cl.I. The van der Waals surface area contributed by atoms with Crippen LogP contribution in [0.4, 0.5) is 0 Å². The van der Waals surface area contributed by atoms with E-state index in [0.717, 1.165) is 29.0 Å². The summed E-state index contributed by atoms with van der Waals surface area (Å²) in [6.07, 6.45) is 4.81. The van der Waals surface area contributed by atoms with Gasteiger partial charge in [0.2, 0.25) is 5.91 Å². The zero-order valence-electron chi connectivity index (χ0n) is 15.1. The van der Waals surface area contributed by atoms with Crippen LogP contribution < -0.4 is 10.6 Å². The van der Waals surface area contributed by atoms with Crippen LogP contribution in [0.15, 0.2) is 23.2 Å². The second-order valence-electron chi connectivity index (χ2n) is 6.52. The Morgan fingerprint density at radius 2 is 2.00 bits per heavy atom. The maximum Gasteiger partial charge on any atom is 0.241 e. The number of hydrogen-bond donors (Lipinski definition) is 2. The number of benzene rings is 1. The van der Waals surface area contributed by atoms with E-state index in [2.05, 4.69) is 15.6 Å². The van der Waals surface area contributed by atoms with Gasteiger partial charge in [-0.3, -0.25) is 4.79 Å². The Kier molecular flexibility index (Phi) is 9.56. The van der Waals surface area contributed by atoms with Crippen molar-refractivity contribution >= 4 is 47.4 Å². The number of aliphatic imine (C=N–C) groups is 1. The van der Waals surface area contributed by atoms with Gasteiger partial charge in [-0.2, -0.15) is 0 Å². The maximum absolute atomic E-state index is 11.8. The second-order valence-corrected chi connectivity index (χ2v) is 6.92. The third-order valence-corrected chi connectivity index (χ3v) is 4.67. The van der Waals surface area contributed by atoms with E-state index in [4.69, 9.17) is 11.6 Å². The van der Waals surface area contributed by atoms with Crippen molar-refractivity contribution in [1.29, 1.82) is 0 Å². The summed E-state index contributed by atoms with van der Waals surface area (Å²) in [6, 6.07) is 6.37. The monoisotopic (exact) mass is 478 g/mol. The van der Waals surface area contributed by atoms with Crippen LogP contribution in [-0.4, -0.2) is 43.4 Å². The fourth-order valence-electron chi connectivity index (χ4n) is 2.71. The van der Waals surface area contributed by atoms with Crippen LogP contribution in [-0.2, 0) is 11.3 Å². The van der Waals surface area contributed by atoms with Crippen molar-refractivity contribution < 1.29 is 4.79 Å². The van der Waals surface area contributed by atoms with E-state index in [1.807, 2.05) is 25.1 Å². The molecule has 1 amide bonds. The minimum absolute atomic E-state index is 0. The molecule has 2 N–H and O–H groups in total. The minimum Gasteiger partial charge on any atom is -0.354 e. The topological polar surface area (TPSA) is 56.7 Å². The number of carbonyl (C=O) groups excluding carboxylic acids is 1. The summed E-state index contributed by atoms with van der Waals surface area (Å²) in [5.74, 6) is 0.725. The Balaban J connectivity index is 0.00000312. The number of nitrogens with zero attached hydrogens (tertiary/aromatic N) is 2. The Morgan fingerprint density at radius 1 is 1.32 bits per heavy atom. The smallest absolute Gasteiger partial charge is 0.241 e. The number of carbonyl (C=O) groups is 1. The summed E-state index contributed by atoms with van der Waals surface area (Å²) in [5.41, 5.74) is 2.15. The van der Waals surface area contributed by atoms with Crippen LogP contribution in [0.1, 0.15) is 36.8 Å². The van der Waals surface area contributed by atoms with Gasteiger partial charge in [-0.05, 0) is 37.0 Å². The zero-order valence-corrected chi connectivity index (χ0v) is 18.2. The predicted octanol–water partition coefficient (Wildman–Crippen LogP) is 3.33. The third-order valence-electron chi connectivity index (χ3n) is 4.24. The van der Waals surface area contributed by atoms with Gasteiger partial charge >= 0.3 is 0 Å². The van der Waals surface area contributed by atoms with Gasteiger partial charge < -0.3 is 15.5 Å². The van der Waals surface area contributed by atoms with Crippen molar-refractivity contribution in [3.63, 3.8) is 0 Å². The van der Waals surface area contributed by atoms with Gasteiger partial charge in [0, 0.05) is 25.2 Å². The Morgan fingerprint density at radius 3 is 2.60 bits per heavy atom. The number of likely N-dealkylation sites (N-methyl/N-ethyl adjacent to an activating group) is 1. The Labute approximate surface area is 172 Å². The average Bonchev–Trinajstić information content (AvgIpc) is 3.05. The van der Waals surface area contributed by atoms with E-state index in [1.165, 1.54) is 12.8 Å². The largest absolute Gasteiger partial charge is 0.354 e. The summed E-state index contributed by atoms with van der Waals surface area (Å²) in [6.45, 7) is 2.78. The molecule has 7 heteroatoms. The lowest BCUT2D eigenvalue weighted by Crippen LogP contribution is -2.46. The molecule has 25 heavy (non-hydrogen) atoms. The molecule has 1 aromatic rings. The molecule has 1 aliphatic rings. The number of guanidine groups is 1.